The third-order valence-corrected chi connectivity index (χ3v) is 5.22. The largest absolute Gasteiger partial charge is 0.319 e. The summed E-state index contributed by atoms with van der Waals surface area (Å²) in [6, 6.07) is 3.65. The molecule has 2 rings (SSSR count). The van der Waals surface area contributed by atoms with Gasteiger partial charge in [0.2, 0.25) is 0 Å². The summed E-state index contributed by atoms with van der Waals surface area (Å²) >= 11 is 15.1. The lowest BCUT2D eigenvalue weighted by Crippen LogP contribution is -2.08. The highest BCUT2D eigenvalue weighted by Gasteiger charge is 2.17. The highest BCUT2D eigenvalue weighted by atomic mass is 35.5. The lowest BCUT2D eigenvalue weighted by Gasteiger charge is -2.07. The molecule has 2 heterocycles. The molecule has 0 aromatic carbocycles. The van der Waals surface area contributed by atoms with Crippen molar-refractivity contribution in [2.24, 2.45) is 5.73 Å². The quantitative estimate of drug-likeness (QED) is 0.861. The number of nitrogens with two attached hydrogens (primary N) is 1. The van der Waals surface area contributed by atoms with Crippen LogP contribution >= 0.6 is 45.9 Å². The van der Waals surface area contributed by atoms with Crippen LogP contribution in [0, 0.1) is 6.92 Å². The molecule has 0 spiro atoms. The Hall–Kier alpha value is -0.0600. The summed E-state index contributed by atoms with van der Waals surface area (Å²) in [7, 11) is 0. The van der Waals surface area contributed by atoms with Crippen LogP contribution in [0.2, 0.25) is 9.36 Å². The summed E-state index contributed by atoms with van der Waals surface area (Å²) < 4.78 is 0.754. The van der Waals surface area contributed by atoms with Crippen LogP contribution in [0.3, 0.4) is 0 Å². The summed E-state index contributed by atoms with van der Waals surface area (Å²) in [5, 5.41) is 2.80. The van der Waals surface area contributed by atoms with E-state index in [1.165, 1.54) is 11.3 Å². The topological polar surface area (TPSA) is 26.0 Å². The smallest absolute Gasteiger partial charge is 0.0931 e. The van der Waals surface area contributed by atoms with Gasteiger partial charge >= 0.3 is 0 Å². The first kappa shape index (κ1) is 11.4. The molecule has 0 radical (unpaired) electrons. The Bertz CT molecular complexity index is 475. The first-order valence-corrected chi connectivity index (χ1v) is 6.79. The Kier molecular flexibility index (Phi) is 3.38. The molecule has 2 aromatic rings. The van der Waals surface area contributed by atoms with Gasteiger partial charge in [0, 0.05) is 9.75 Å². The number of hydrogen-bond donors (Lipinski definition) is 1. The minimum Gasteiger partial charge on any atom is -0.319 e. The van der Waals surface area contributed by atoms with Crippen LogP contribution in [0.4, 0.5) is 0 Å². The zero-order chi connectivity index (χ0) is 11.0. The third kappa shape index (κ3) is 2.22. The fourth-order valence-electron chi connectivity index (χ4n) is 1.28. The molecule has 1 atom stereocenters. The van der Waals surface area contributed by atoms with Crippen LogP contribution in [0.15, 0.2) is 17.5 Å². The highest BCUT2D eigenvalue weighted by molar-refractivity contribution is 7.16. The van der Waals surface area contributed by atoms with Crippen molar-refractivity contribution in [2.45, 2.75) is 13.0 Å². The van der Waals surface area contributed by atoms with Crippen LogP contribution < -0.4 is 5.73 Å². The van der Waals surface area contributed by atoms with E-state index in [0.29, 0.717) is 0 Å². The van der Waals surface area contributed by atoms with Crippen LogP contribution in [0.5, 0.6) is 0 Å². The molecular formula is C10H9Cl2NS2. The van der Waals surface area contributed by atoms with E-state index < -0.39 is 0 Å². The van der Waals surface area contributed by atoms with Gasteiger partial charge in [0.15, 0.2) is 0 Å². The van der Waals surface area contributed by atoms with E-state index in [0.717, 1.165) is 24.7 Å². The van der Waals surface area contributed by atoms with Gasteiger partial charge in [-0.15, -0.1) is 22.7 Å². The highest BCUT2D eigenvalue weighted by Crippen LogP contribution is 2.37. The molecule has 0 amide bonds. The maximum Gasteiger partial charge on any atom is 0.0931 e. The van der Waals surface area contributed by atoms with Crippen molar-refractivity contribution >= 4 is 45.9 Å². The van der Waals surface area contributed by atoms with Crippen molar-refractivity contribution in [1.82, 2.24) is 0 Å². The predicted molar refractivity (Wildman–Crippen MR) is 69.4 cm³/mol. The maximum absolute atomic E-state index is 6.16. The molecule has 0 aliphatic heterocycles. The summed E-state index contributed by atoms with van der Waals surface area (Å²) in [5.41, 5.74) is 7.20. The number of thiophene rings is 2. The Morgan fingerprint density at radius 2 is 2.07 bits per heavy atom. The second kappa shape index (κ2) is 4.44. The maximum atomic E-state index is 6.16. The van der Waals surface area contributed by atoms with Gasteiger partial charge in [0.05, 0.1) is 15.4 Å². The molecule has 5 heteroatoms. The van der Waals surface area contributed by atoms with Crippen LogP contribution in [0.1, 0.15) is 21.4 Å². The van der Waals surface area contributed by atoms with E-state index in [1.807, 2.05) is 24.4 Å². The first-order valence-electron chi connectivity index (χ1n) is 4.34. The number of rotatable bonds is 2. The molecular weight excluding hydrogens is 269 g/mol. The van der Waals surface area contributed by atoms with Crippen LogP contribution in [-0.4, -0.2) is 0 Å². The van der Waals surface area contributed by atoms with Crippen molar-refractivity contribution in [3.8, 4) is 0 Å². The lowest BCUT2D eigenvalue weighted by molar-refractivity contribution is 0.916. The average molecular weight is 278 g/mol. The normalized spacial score (nSPS) is 13.1. The number of aryl methyl sites for hydroxylation is 1. The molecule has 2 aromatic heterocycles. The van der Waals surface area contributed by atoms with Gasteiger partial charge in [-0.3, -0.25) is 0 Å². The lowest BCUT2D eigenvalue weighted by atomic mass is 10.2. The standard InChI is InChI=1S/C10H9Cl2NS2/c1-5-4-14-10(8(5)12)9(13)6-2-3-7(11)15-6/h2-4,9H,13H2,1H3. The van der Waals surface area contributed by atoms with Gasteiger partial charge in [0.1, 0.15) is 0 Å². The minimum absolute atomic E-state index is 0.159. The monoisotopic (exact) mass is 277 g/mol. The molecule has 80 valence electrons. The van der Waals surface area contributed by atoms with E-state index in [2.05, 4.69) is 0 Å². The summed E-state index contributed by atoms with van der Waals surface area (Å²) in [6.45, 7) is 1.98. The minimum atomic E-state index is -0.159. The number of hydrogen-bond acceptors (Lipinski definition) is 3. The summed E-state index contributed by atoms with van der Waals surface area (Å²) in [4.78, 5) is 2.05. The van der Waals surface area contributed by atoms with E-state index in [4.69, 9.17) is 28.9 Å². The zero-order valence-corrected chi connectivity index (χ0v) is 11.1. The fourth-order valence-corrected chi connectivity index (χ4v) is 3.76. The second-order valence-corrected chi connectivity index (χ2v) is 6.25. The van der Waals surface area contributed by atoms with Crippen LogP contribution in [-0.2, 0) is 0 Å². The Morgan fingerprint density at radius 3 is 2.53 bits per heavy atom. The predicted octanol–water partition coefficient (Wildman–Crippen LogP) is 4.47. The van der Waals surface area contributed by atoms with Crippen molar-refractivity contribution < 1.29 is 0 Å². The van der Waals surface area contributed by atoms with Crippen molar-refractivity contribution in [3.05, 3.63) is 42.2 Å². The molecule has 0 bridgehead atoms. The van der Waals surface area contributed by atoms with E-state index in [9.17, 15) is 0 Å². The van der Waals surface area contributed by atoms with Crippen molar-refractivity contribution in [2.75, 3.05) is 0 Å². The molecule has 0 fully saturated rings. The van der Waals surface area contributed by atoms with Crippen molar-refractivity contribution in [3.63, 3.8) is 0 Å². The van der Waals surface area contributed by atoms with Gasteiger partial charge in [-0.2, -0.15) is 0 Å². The van der Waals surface area contributed by atoms with Gasteiger partial charge < -0.3 is 5.73 Å². The molecule has 1 nitrogen and oxygen atoms in total. The van der Waals surface area contributed by atoms with Crippen molar-refractivity contribution in [1.29, 1.82) is 0 Å². The molecule has 1 unspecified atom stereocenters. The van der Waals surface area contributed by atoms with E-state index >= 15 is 0 Å². The SMILES string of the molecule is Cc1csc(C(N)c2ccc(Cl)s2)c1Cl. The molecule has 15 heavy (non-hydrogen) atoms. The molecule has 0 saturated heterocycles. The van der Waals surface area contributed by atoms with E-state index in [-0.39, 0.29) is 6.04 Å². The first-order chi connectivity index (χ1) is 7.09. The van der Waals surface area contributed by atoms with Gasteiger partial charge in [-0.05, 0) is 30.0 Å². The summed E-state index contributed by atoms with van der Waals surface area (Å²) in [5.74, 6) is 0. The molecule has 0 aliphatic rings. The van der Waals surface area contributed by atoms with Gasteiger partial charge in [0.25, 0.3) is 0 Å². The molecule has 0 saturated carbocycles. The zero-order valence-electron chi connectivity index (χ0n) is 7.96. The Labute approximate surface area is 106 Å². The third-order valence-electron chi connectivity index (χ3n) is 2.11. The number of halogens is 2. The summed E-state index contributed by atoms with van der Waals surface area (Å²) in [6.07, 6.45) is 0. The van der Waals surface area contributed by atoms with Crippen LogP contribution in [0.25, 0.3) is 0 Å². The Morgan fingerprint density at radius 1 is 1.33 bits per heavy atom. The van der Waals surface area contributed by atoms with Gasteiger partial charge in [-0.1, -0.05) is 23.2 Å². The molecule has 2 N–H and O–H groups in total. The Balaban J connectivity index is 2.36. The average Bonchev–Trinajstić information content (AvgIpc) is 2.75. The fraction of sp³-hybridized carbons (Fsp3) is 0.200. The van der Waals surface area contributed by atoms with E-state index in [1.54, 1.807) is 11.3 Å². The second-order valence-electron chi connectivity index (χ2n) is 3.22. The van der Waals surface area contributed by atoms with Gasteiger partial charge in [-0.25, -0.2) is 0 Å². The molecule has 0 aliphatic carbocycles.